The highest BCUT2D eigenvalue weighted by Gasteiger charge is 2.23. The number of piperazine rings is 1. The molecule has 132 valence electrons. The van der Waals surface area contributed by atoms with Crippen molar-refractivity contribution in [2.75, 3.05) is 19.6 Å². The van der Waals surface area contributed by atoms with Gasteiger partial charge in [0.1, 0.15) is 0 Å². The summed E-state index contributed by atoms with van der Waals surface area (Å²) in [4.78, 5) is 26.3. The Labute approximate surface area is 149 Å². The number of nitrogens with zero attached hydrogens (tertiary/aromatic N) is 1. The summed E-state index contributed by atoms with van der Waals surface area (Å²) in [6.07, 6.45) is 0. The van der Waals surface area contributed by atoms with Gasteiger partial charge < -0.3 is 10.2 Å². The third kappa shape index (κ3) is 4.25. The molecule has 3 rings (SSSR count). The van der Waals surface area contributed by atoms with Crippen molar-refractivity contribution < 1.29 is 18.0 Å². The minimum absolute atomic E-state index is 0.0214. The number of hydrogen-bond acceptors (Lipinski definition) is 5. The van der Waals surface area contributed by atoms with E-state index in [0.29, 0.717) is 13.1 Å². The molecule has 1 fully saturated rings. The van der Waals surface area contributed by atoms with Crippen LogP contribution in [0.25, 0.3) is 0 Å². The Morgan fingerprint density at radius 2 is 2.12 bits per heavy atom. The zero-order valence-corrected chi connectivity index (χ0v) is 14.9. The number of benzene rings is 1. The molecule has 25 heavy (non-hydrogen) atoms. The van der Waals surface area contributed by atoms with Crippen LogP contribution in [0.3, 0.4) is 0 Å². The Kier molecular flexibility index (Phi) is 5.16. The summed E-state index contributed by atoms with van der Waals surface area (Å²) in [6, 6.07) is 9.54. The fourth-order valence-electron chi connectivity index (χ4n) is 2.45. The van der Waals surface area contributed by atoms with Gasteiger partial charge in [0.2, 0.25) is 15.9 Å². The number of hydrogen-bond donors (Lipinski definition) is 2. The van der Waals surface area contributed by atoms with Crippen LogP contribution in [-0.4, -0.2) is 44.8 Å². The number of rotatable bonds is 5. The van der Waals surface area contributed by atoms with Gasteiger partial charge in [0.15, 0.2) is 0 Å². The van der Waals surface area contributed by atoms with Gasteiger partial charge in [0.25, 0.3) is 5.91 Å². The van der Waals surface area contributed by atoms with Gasteiger partial charge in [0, 0.05) is 30.1 Å². The van der Waals surface area contributed by atoms with E-state index >= 15 is 0 Å². The molecule has 1 aliphatic heterocycles. The van der Waals surface area contributed by atoms with Crippen LogP contribution in [0, 0.1) is 0 Å². The Morgan fingerprint density at radius 1 is 1.28 bits per heavy atom. The Bertz CT molecular complexity index is 879. The summed E-state index contributed by atoms with van der Waals surface area (Å²) in [7, 11) is -3.73. The molecule has 2 N–H and O–H groups in total. The summed E-state index contributed by atoms with van der Waals surface area (Å²) in [6.45, 7) is 0.972. The number of thiophene rings is 1. The summed E-state index contributed by atoms with van der Waals surface area (Å²) in [5.41, 5.74) is 0.244. The number of sulfonamides is 1. The molecule has 0 spiro atoms. The first-order chi connectivity index (χ1) is 12.0. The lowest BCUT2D eigenvalue weighted by atomic mass is 10.2. The van der Waals surface area contributed by atoms with E-state index in [2.05, 4.69) is 10.0 Å². The topological polar surface area (TPSA) is 95.6 Å². The minimum Gasteiger partial charge on any atom is -0.353 e. The first-order valence-corrected chi connectivity index (χ1v) is 10.00. The molecule has 1 aromatic carbocycles. The average molecular weight is 379 g/mol. The Balaban J connectivity index is 1.76. The predicted molar refractivity (Wildman–Crippen MR) is 93.7 cm³/mol. The number of carbonyl (C=O) groups excluding carboxylic acids is 2. The van der Waals surface area contributed by atoms with Crippen LogP contribution in [0.5, 0.6) is 0 Å². The number of carbonyl (C=O) groups is 2. The van der Waals surface area contributed by atoms with Gasteiger partial charge in [-0.1, -0.05) is 12.1 Å². The highest BCUT2D eigenvalue weighted by Crippen LogP contribution is 2.15. The predicted octanol–water partition coefficient (Wildman–Crippen LogP) is 0.799. The molecule has 0 unspecified atom stereocenters. The normalized spacial score (nSPS) is 15.0. The van der Waals surface area contributed by atoms with Crippen molar-refractivity contribution in [2.24, 2.45) is 0 Å². The second kappa shape index (κ2) is 7.34. The van der Waals surface area contributed by atoms with Crippen LogP contribution in [0.15, 0.2) is 46.7 Å². The first kappa shape index (κ1) is 17.6. The molecular formula is C16H17N3O4S2. The van der Waals surface area contributed by atoms with Crippen molar-refractivity contribution in [1.29, 1.82) is 0 Å². The fraction of sp³-hybridized carbons (Fsp3) is 0.250. The van der Waals surface area contributed by atoms with Crippen molar-refractivity contribution in [1.82, 2.24) is 14.9 Å². The summed E-state index contributed by atoms with van der Waals surface area (Å²) in [5, 5.41) is 4.52. The molecule has 0 radical (unpaired) electrons. The molecule has 0 saturated carbocycles. The van der Waals surface area contributed by atoms with Gasteiger partial charge >= 0.3 is 0 Å². The van der Waals surface area contributed by atoms with E-state index in [4.69, 9.17) is 0 Å². The number of amides is 2. The monoisotopic (exact) mass is 379 g/mol. The second-order valence-corrected chi connectivity index (χ2v) is 8.31. The summed E-state index contributed by atoms with van der Waals surface area (Å²) >= 11 is 1.46. The lowest BCUT2D eigenvalue weighted by Crippen LogP contribution is -2.50. The lowest BCUT2D eigenvalue weighted by Gasteiger charge is -2.26. The maximum absolute atomic E-state index is 12.5. The van der Waals surface area contributed by atoms with E-state index in [0.717, 1.165) is 4.88 Å². The third-order valence-electron chi connectivity index (χ3n) is 3.73. The molecule has 1 saturated heterocycles. The number of nitrogens with one attached hydrogen (secondary N) is 2. The van der Waals surface area contributed by atoms with Crippen molar-refractivity contribution in [3.8, 4) is 0 Å². The molecule has 1 aromatic heterocycles. The highest BCUT2D eigenvalue weighted by atomic mass is 32.2. The van der Waals surface area contributed by atoms with Gasteiger partial charge in [-0.15, -0.1) is 11.3 Å². The van der Waals surface area contributed by atoms with Crippen molar-refractivity contribution >= 4 is 33.2 Å². The molecule has 2 amide bonds. The van der Waals surface area contributed by atoms with E-state index in [1.54, 1.807) is 6.07 Å². The largest absolute Gasteiger partial charge is 0.353 e. The molecule has 2 heterocycles. The smallest absolute Gasteiger partial charge is 0.254 e. The van der Waals surface area contributed by atoms with Crippen LogP contribution in [-0.2, 0) is 21.4 Å². The van der Waals surface area contributed by atoms with E-state index in [1.165, 1.54) is 34.4 Å². The summed E-state index contributed by atoms with van der Waals surface area (Å²) in [5.74, 6) is -0.578. The quantitative estimate of drug-likeness (QED) is 0.803. The average Bonchev–Trinajstić information content (AvgIpc) is 3.13. The molecule has 2 aromatic rings. The van der Waals surface area contributed by atoms with Crippen LogP contribution in [0.2, 0.25) is 0 Å². The van der Waals surface area contributed by atoms with Crippen LogP contribution in [0.1, 0.15) is 15.2 Å². The fourth-order valence-corrected chi connectivity index (χ4v) is 4.24. The van der Waals surface area contributed by atoms with Crippen LogP contribution in [0.4, 0.5) is 0 Å². The van der Waals surface area contributed by atoms with Gasteiger partial charge in [-0.3, -0.25) is 9.59 Å². The zero-order valence-electron chi connectivity index (χ0n) is 13.3. The standard InChI is InChI=1S/C16H17N3O4S2/c20-15-11-19(7-6-17-15)16(21)12-3-1-5-14(9-12)25(22,23)18-10-13-4-2-8-24-13/h1-5,8-9,18H,6-7,10-11H2,(H,17,20). The SMILES string of the molecule is O=C1CN(C(=O)c2cccc(S(=O)(=O)NCc3cccs3)c2)CCN1. The van der Waals surface area contributed by atoms with Gasteiger partial charge in [-0.2, -0.15) is 0 Å². The summed E-state index contributed by atoms with van der Waals surface area (Å²) < 4.78 is 27.4. The van der Waals surface area contributed by atoms with Gasteiger partial charge in [0.05, 0.1) is 11.4 Å². The van der Waals surface area contributed by atoms with E-state index < -0.39 is 10.0 Å². The van der Waals surface area contributed by atoms with E-state index in [-0.39, 0.29) is 35.4 Å². The Morgan fingerprint density at radius 3 is 2.84 bits per heavy atom. The van der Waals surface area contributed by atoms with Crippen molar-refractivity contribution in [3.05, 3.63) is 52.2 Å². The zero-order chi connectivity index (χ0) is 17.9. The molecule has 9 heteroatoms. The van der Waals surface area contributed by atoms with E-state index in [1.807, 2.05) is 17.5 Å². The van der Waals surface area contributed by atoms with Gasteiger partial charge in [-0.05, 0) is 29.6 Å². The van der Waals surface area contributed by atoms with Crippen LogP contribution >= 0.6 is 11.3 Å². The minimum atomic E-state index is -3.73. The van der Waals surface area contributed by atoms with Gasteiger partial charge in [-0.25, -0.2) is 13.1 Å². The molecule has 0 atom stereocenters. The first-order valence-electron chi connectivity index (χ1n) is 7.64. The maximum Gasteiger partial charge on any atom is 0.254 e. The Hall–Kier alpha value is -2.23. The second-order valence-electron chi connectivity index (χ2n) is 5.51. The van der Waals surface area contributed by atoms with Crippen LogP contribution < -0.4 is 10.0 Å². The maximum atomic E-state index is 12.5. The molecule has 7 nitrogen and oxygen atoms in total. The lowest BCUT2D eigenvalue weighted by molar-refractivity contribution is -0.123. The highest BCUT2D eigenvalue weighted by molar-refractivity contribution is 7.89. The molecule has 0 bridgehead atoms. The molecular weight excluding hydrogens is 362 g/mol. The molecule has 1 aliphatic rings. The van der Waals surface area contributed by atoms with Crippen molar-refractivity contribution in [3.63, 3.8) is 0 Å². The van der Waals surface area contributed by atoms with E-state index in [9.17, 15) is 18.0 Å². The van der Waals surface area contributed by atoms with Crippen molar-refractivity contribution in [2.45, 2.75) is 11.4 Å². The third-order valence-corrected chi connectivity index (χ3v) is 6.01. The molecule has 0 aliphatic carbocycles.